The van der Waals surface area contributed by atoms with Crippen LogP contribution in [0.5, 0.6) is 11.5 Å². The molecule has 0 aliphatic carbocycles. The van der Waals surface area contributed by atoms with E-state index in [-0.39, 0.29) is 12.4 Å². The highest BCUT2D eigenvalue weighted by Crippen LogP contribution is 2.36. The van der Waals surface area contributed by atoms with E-state index >= 15 is 0 Å². The average Bonchev–Trinajstić information content (AvgIpc) is 2.27. The molecule has 1 aromatic carbocycles. The van der Waals surface area contributed by atoms with E-state index in [0.717, 1.165) is 0 Å². The Balaban J connectivity index is 3.12. The Bertz CT molecular complexity index is 394. The molecule has 0 saturated carbocycles. The maximum Gasteiger partial charge on any atom is 0.314 e. The fourth-order valence-corrected chi connectivity index (χ4v) is 1.26. The normalized spacial score (nSPS) is 10.1. The number of nitro groups is 1. The topological polar surface area (TPSA) is 108 Å². The fourth-order valence-electron chi connectivity index (χ4n) is 1.26. The van der Waals surface area contributed by atoms with Crippen molar-refractivity contribution in [2.24, 2.45) is 5.90 Å². The van der Waals surface area contributed by atoms with E-state index in [1.54, 1.807) is 0 Å². The van der Waals surface area contributed by atoms with Gasteiger partial charge in [-0.2, -0.15) is 0 Å². The quantitative estimate of drug-likeness (QED) is 0.568. The molecule has 1 rings (SSSR count). The third-order valence-corrected chi connectivity index (χ3v) is 2.04. The molecule has 0 heterocycles. The lowest BCUT2D eigenvalue weighted by Crippen LogP contribution is -2.04. The third kappa shape index (κ3) is 2.59. The second kappa shape index (κ2) is 5.29. The van der Waals surface area contributed by atoms with E-state index in [4.69, 9.17) is 10.6 Å². The first-order valence-electron chi connectivity index (χ1n) is 4.46. The van der Waals surface area contributed by atoms with Gasteiger partial charge in [-0.15, -0.1) is 0 Å². The maximum absolute atomic E-state index is 10.6. The lowest BCUT2D eigenvalue weighted by molar-refractivity contribution is -0.386. The van der Waals surface area contributed by atoms with Crippen LogP contribution >= 0.6 is 0 Å². The van der Waals surface area contributed by atoms with Gasteiger partial charge in [0.15, 0.2) is 5.75 Å². The minimum atomic E-state index is -0.676. The summed E-state index contributed by atoms with van der Waals surface area (Å²) in [4.78, 5) is 14.4. The molecule has 0 saturated heterocycles. The van der Waals surface area contributed by atoms with Gasteiger partial charge in [0.25, 0.3) is 0 Å². The summed E-state index contributed by atoms with van der Waals surface area (Å²) in [5.74, 6) is 4.44. The van der Waals surface area contributed by atoms with Gasteiger partial charge in [0, 0.05) is 6.07 Å². The van der Waals surface area contributed by atoms with E-state index in [0.29, 0.717) is 12.0 Å². The van der Waals surface area contributed by atoms with E-state index in [1.165, 1.54) is 19.2 Å². The number of phenolic OH excluding ortho intramolecular Hbond substituents is 1. The van der Waals surface area contributed by atoms with Crippen LogP contribution in [0.1, 0.15) is 5.56 Å². The highest BCUT2D eigenvalue weighted by atomic mass is 16.6. The fraction of sp³-hybridized carbons (Fsp3) is 0.333. The predicted molar refractivity (Wildman–Crippen MR) is 55.2 cm³/mol. The molecule has 0 atom stereocenters. The summed E-state index contributed by atoms with van der Waals surface area (Å²) in [6.45, 7) is 0.227. The Labute approximate surface area is 91.5 Å². The lowest BCUT2D eigenvalue weighted by Gasteiger charge is -2.07. The van der Waals surface area contributed by atoms with Crippen LogP contribution in [0.15, 0.2) is 12.1 Å². The highest BCUT2D eigenvalue weighted by Gasteiger charge is 2.19. The molecule has 0 aliphatic rings. The smallest absolute Gasteiger partial charge is 0.314 e. The molecule has 0 bridgehead atoms. The van der Waals surface area contributed by atoms with Gasteiger partial charge in [0.05, 0.1) is 18.6 Å². The van der Waals surface area contributed by atoms with Crippen LogP contribution in [0.3, 0.4) is 0 Å². The Morgan fingerprint density at radius 1 is 1.56 bits per heavy atom. The molecular weight excluding hydrogens is 216 g/mol. The number of hydrogen-bond acceptors (Lipinski definition) is 6. The van der Waals surface area contributed by atoms with E-state index in [2.05, 4.69) is 4.84 Å². The lowest BCUT2D eigenvalue weighted by atomic mass is 10.1. The number of phenols is 1. The summed E-state index contributed by atoms with van der Waals surface area (Å²) in [7, 11) is 1.32. The molecule has 0 unspecified atom stereocenters. The summed E-state index contributed by atoms with van der Waals surface area (Å²) >= 11 is 0. The first kappa shape index (κ1) is 12.2. The monoisotopic (exact) mass is 228 g/mol. The second-order valence-electron chi connectivity index (χ2n) is 3.04. The van der Waals surface area contributed by atoms with Crippen molar-refractivity contribution in [1.82, 2.24) is 0 Å². The van der Waals surface area contributed by atoms with Gasteiger partial charge in [-0.3, -0.25) is 10.1 Å². The number of nitro benzene ring substituents is 1. The minimum absolute atomic E-state index is 0.0567. The molecule has 0 spiro atoms. The van der Waals surface area contributed by atoms with E-state index < -0.39 is 16.4 Å². The molecule has 1 aromatic rings. The number of methoxy groups -OCH3 is 1. The van der Waals surface area contributed by atoms with Gasteiger partial charge in [0.2, 0.25) is 5.75 Å². The van der Waals surface area contributed by atoms with Crippen LogP contribution in [-0.4, -0.2) is 23.7 Å². The van der Waals surface area contributed by atoms with Crippen molar-refractivity contribution in [3.8, 4) is 11.5 Å². The van der Waals surface area contributed by atoms with Crippen molar-refractivity contribution in [3.63, 3.8) is 0 Å². The second-order valence-corrected chi connectivity index (χ2v) is 3.04. The summed E-state index contributed by atoms with van der Waals surface area (Å²) in [6.07, 6.45) is 0.397. The number of ether oxygens (including phenoxy) is 1. The predicted octanol–water partition coefficient (Wildman–Crippen LogP) is 0.742. The molecule has 0 aromatic heterocycles. The molecule has 16 heavy (non-hydrogen) atoms. The van der Waals surface area contributed by atoms with Crippen molar-refractivity contribution in [3.05, 3.63) is 27.8 Å². The summed E-state index contributed by atoms with van der Waals surface area (Å²) in [5.41, 5.74) is 0.207. The minimum Gasteiger partial charge on any atom is -0.500 e. The number of nitrogens with zero attached hydrogens (tertiary/aromatic N) is 1. The van der Waals surface area contributed by atoms with E-state index in [9.17, 15) is 15.2 Å². The molecule has 7 nitrogen and oxygen atoms in total. The molecule has 3 N–H and O–H groups in total. The number of hydrogen-bond donors (Lipinski definition) is 2. The number of nitrogens with two attached hydrogens (primary N) is 1. The molecule has 0 fully saturated rings. The van der Waals surface area contributed by atoms with Crippen LogP contribution < -0.4 is 10.6 Å². The van der Waals surface area contributed by atoms with Gasteiger partial charge in [-0.1, -0.05) is 0 Å². The zero-order valence-electron chi connectivity index (χ0n) is 8.67. The first-order valence-corrected chi connectivity index (χ1v) is 4.46. The standard InChI is InChI=1S/C9H12N2O5/c1-15-8-5-6(2-3-16-10)4-7(9(8)12)11(13)14/h4-5,12H,2-3,10H2,1H3. The molecule has 88 valence electrons. The van der Waals surface area contributed by atoms with Gasteiger partial charge < -0.3 is 14.7 Å². The van der Waals surface area contributed by atoms with Gasteiger partial charge >= 0.3 is 5.69 Å². The zero-order chi connectivity index (χ0) is 12.1. The van der Waals surface area contributed by atoms with Crippen LogP contribution in [0.4, 0.5) is 5.69 Å². The Morgan fingerprint density at radius 3 is 2.75 bits per heavy atom. The SMILES string of the molecule is COc1cc(CCON)cc([N+](=O)[O-])c1O. The van der Waals surface area contributed by atoms with Crippen molar-refractivity contribution in [2.75, 3.05) is 13.7 Å². The van der Waals surface area contributed by atoms with Crippen molar-refractivity contribution in [1.29, 1.82) is 0 Å². The van der Waals surface area contributed by atoms with E-state index in [1.807, 2.05) is 0 Å². The largest absolute Gasteiger partial charge is 0.500 e. The Morgan fingerprint density at radius 2 is 2.25 bits per heavy atom. The molecule has 7 heteroatoms. The Kier molecular flexibility index (Phi) is 4.03. The van der Waals surface area contributed by atoms with Crippen LogP contribution in [0, 0.1) is 10.1 Å². The maximum atomic E-state index is 10.6. The van der Waals surface area contributed by atoms with Crippen molar-refractivity contribution < 1.29 is 19.6 Å². The number of rotatable bonds is 5. The summed E-state index contributed by atoms with van der Waals surface area (Å²) < 4.78 is 4.83. The van der Waals surface area contributed by atoms with Gasteiger partial charge in [0.1, 0.15) is 0 Å². The Hall–Kier alpha value is -1.86. The molecule has 0 aliphatic heterocycles. The molecule has 0 radical (unpaired) electrons. The van der Waals surface area contributed by atoms with Crippen molar-refractivity contribution >= 4 is 5.69 Å². The van der Waals surface area contributed by atoms with Gasteiger partial charge in [-0.25, -0.2) is 5.90 Å². The van der Waals surface area contributed by atoms with Crippen LogP contribution in [0.2, 0.25) is 0 Å². The van der Waals surface area contributed by atoms with Crippen LogP contribution in [0.25, 0.3) is 0 Å². The number of benzene rings is 1. The third-order valence-electron chi connectivity index (χ3n) is 2.04. The van der Waals surface area contributed by atoms with Gasteiger partial charge in [-0.05, 0) is 18.1 Å². The van der Waals surface area contributed by atoms with Crippen molar-refractivity contribution in [2.45, 2.75) is 6.42 Å². The first-order chi connectivity index (χ1) is 7.60. The van der Waals surface area contributed by atoms with Crippen LogP contribution in [-0.2, 0) is 11.3 Å². The average molecular weight is 228 g/mol. The molecular formula is C9H12N2O5. The molecule has 0 amide bonds. The number of aromatic hydroxyl groups is 1. The summed E-state index contributed by atoms with van der Waals surface area (Å²) in [6, 6.07) is 2.76. The highest BCUT2D eigenvalue weighted by molar-refractivity contribution is 5.57. The summed E-state index contributed by atoms with van der Waals surface area (Å²) in [5, 5.41) is 20.1. The zero-order valence-corrected chi connectivity index (χ0v) is 8.67.